The second-order valence-corrected chi connectivity index (χ2v) is 37.6. The predicted molar refractivity (Wildman–Crippen MR) is 453 cm³/mol. The highest BCUT2D eigenvalue weighted by Crippen LogP contribution is 2.44. The zero-order valence-electron chi connectivity index (χ0n) is 69.7. The van der Waals surface area contributed by atoms with E-state index in [1.807, 2.05) is 67.3 Å². The molecule has 11 aromatic rings. The van der Waals surface area contributed by atoms with Crippen LogP contribution in [0.2, 0.25) is 10.3 Å². The highest BCUT2D eigenvalue weighted by Gasteiger charge is 2.44. The average Bonchev–Trinajstić information content (AvgIpc) is 1.61. The number of ether oxygens (including phenoxy) is 3. The molecule has 0 amide bonds. The lowest BCUT2D eigenvalue weighted by atomic mass is 9.79. The molecule has 16 rings (SSSR count). The van der Waals surface area contributed by atoms with Gasteiger partial charge >= 0.3 is 0 Å². The zero-order valence-corrected chi connectivity index (χ0v) is 72.0. The van der Waals surface area contributed by atoms with Gasteiger partial charge in [0.05, 0.1) is 29.5 Å². The number of aryl methyl sites for hydroxylation is 3. The molecule has 28 nitrogen and oxygen atoms in total. The van der Waals surface area contributed by atoms with Crippen molar-refractivity contribution in [1.29, 1.82) is 0 Å². The summed E-state index contributed by atoms with van der Waals surface area (Å²) in [6.45, 7) is 42.9. The Morgan fingerprint density at radius 3 is 1.43 bits per heavy atom. The second kappa shape index (κ2) is 32.8. The Morgan fingerprint density at radius 1 is 0.526 bits per heavy atom. The number of rotatable bonds is 13. The number of hydrogen-bond acceptors (Lipinski definition) is 23. The van der Waals surface area contributed by atoms with Crippen LogP contribution in [-0.4, -0.2) is 165 Å². The van der Waals surface area contributed by atoms with Crippen LogP contribution in [0.1, 0.15) is 223 Å². The maximum atomic E-state index is 10.7. The van der Waals surface area contributed by atoms with E-state index in [1.165, 1.54) is 0 Å². The molecule has 612 valence electrons. The van der Waals surface area contributed by atoms with Crippen LogP contribution in [0.3, 0.4) is 0 Å². The number of methoxy groups -OCH3 is 1. The van der Waals surface area contributed by atoms with Gasteiger partial charge in [0.25, 0.3) is 0 Å². The molecule has 0 saturated carbocycles. The van der Waals surface area contributed by atoms with E-state index in [2.05, 4.69) is 220 Å². The lowest BCUT2D eigenvalue weighted by Crippen LogP contribution is -2.60. The van der Waals surface area contributed by atoms with Gasteiger partial charge in [0.15, 0.2) is 39.9 Å². The Balaban J connectivity index is 0.000000147. The van der Waals surface area contributed by atoms with E-state index in [9.17, 15) is 5.11 Å². The fourth-order valence-corrected chi connectivity index (χ4v) is 19.4. The molecule has 2 aromatic carbocycles. The third kappa shape index (κ3) is 19.9. The maximum absolute atomic E-state index is 10.7. The van der Waals surface area contributed by atoms with Crippen LogP contribution < -0.4 is 37.1 Å². The summed E-state index contributed by atoms with van der Waals surface area (Å²) in [6, 6.07) is 20.2. The van der Waals surface area contributed by atoms with E-state index in [0.29, 0.717) is 56.6 Å². The summed E-state index contributed by atoms with van der Waals surface area (Å²) in [5, 5.41) is 75.5. The molecule has 114 heavy (non-hydrogen) atoms. The number of H-pyrrole nitrogens is 1. The van der Waals surface area contributed by atoms with E-state index in [0.717, 1.165) is 156 Å². The number of phenols is 1. The van der Waals surface area contributed by atoms with Crippen LogP contribution in [0, 0.1) is 20.8 Å². The van der Waals surface area contributed by atoms with Gasteiger partial charge in [-0.05, 0) is 250 Å². The first kappa shape index (κ1) is 84.8. The summed E-state index contributed by atoms with van der Waals surface area (Å²) < 4.78 is 25.8. The molecule has 14 heterocycles. The van der Waals surface area contributed by atoms with E-state index >= 15 is 0 Å². The van der Waals surface area contributed by atoms with Crippen molar-refractivity contribution in [1.82, 2.24) is 111 Å². The molecular weight excluding hydrogens is 1500 g/mol. The molecule has 0 radical (unpaired) electrons. The fraction of sp³-hybridized carbons (Fsp3) is 0.554. The number of aromatic nitrogens is 18. The van der Waals surface area contributed by atoms with Gasteiger partial charge in [-0.3, -0.25) is 5.10 Å². The standard InChI is InChI=1S/C31H41N7O3.C24H29N7O.C15H22ClN5.C13H22ClN5.ClH/c1-20-33-26-14-25(34-35-29(26)38(20)23-15-30(2,3)36-31(4,5)16-23)24-11-10-21(13-27(24)41-19-39-6)22-17-32-37(18-22)28-9-7-8-12-40-28;1-14-27-20-9-19(18-7-6-15(8-21(18)32)16-12-25-26-13-16)28-29-22(20)31(14)17-10-23(2,3)30-24(4,5)11-17;1-9-17-11-6-12(16)18-19-13(11)21(9)10-7-14(2,3)20-15(4,5)8-10;1-12(2)6-8(7-13(3,4)19-12)16-11-9(15)5-10(14)17-18-11;/h10-11,13-14,17-18,23,28,36H,7-9,12,15-16,19H2,1-6H3;6-9,12-13,17,30,32H,10-11H2,1-5H3,(H,25,26);6,10,20H,7-8H2,1-5H3;5,8,19H,6-7H2,1-4H3,(H2,15,17)(H,16,18);1H. The zero-order chi connectivity index (χ0) is 81.1. The normalized spacial score (nSPS) is 20.4. The van der Waals surface area contributed by atoms with Crippen LogP contribution >= 0.6 is 35.6 Å². The number of aromatic hydroxyl groups is 1. The first-order chi connectivity index (χ1) is 53.1. The maximum Gasteiger partial charge on any atom is 0.188 e. The third-order valence-electron chi connectivity index (χ3n) is 21.8. The largest absolute Gasteiger partial charge is 0.507 e. The number of nitrogens with zero attached hydrogens (tertiary/aromatic N) is 17. The van der Waals surface area contributed by atoms with Gasteiger partial charge < -0.3 is 65.3 Å². The monoisotopic (exact) mass is 1620 g/mol. The SMILES string of the molecule is CC1(C)CC(Nc2nnc(Cl)cc2N)CC(C)(C)N1.COCOc1cc(-c2cnn(C3CCCCO3)c2)ccc1-c1cc2nc(C)n(C3CC(C)(C)NC(C)(C)C3)c2nn1.Cc1nc2cc(-c3ccc(-c4cn[nH]c4)cc3O)nnc2n1C1CC(C)(C)NC(C)(C)C1.Cc1nc2cc(Cl)nnc2n1C1CC(C)(C)NC(C)(C)C1.Cl. The number of aromatic amines is 1. The van der Waals surface area contributed by atoms with Crippen molar-refractivity contribution in [3.8, 4) is 56.3 Å². The number of hydrogen-bond donors (Lipinski definition) is 8. The van der Waals surface area contributed by atoms with Crippen molar-refractivity contribution in [2.24, 2.45) is 0 Å². The van der Waals surface area contributed by atoms with Gasteiger partial charge in [-0.25, -0.2) is 19.6 Å². The van der Waals surface area contributed by atoms with Gasteiger partial charge in [0.2, 0.25) is 0 Å². The van der Waals surface area contributed by atoms with Gasteiger partial charge in [-0.2, -0.15) is 10.2 Å². The Labute approximate surface area is 684 Å². The number of fused-ring (bicyclic) bond motifs is 3. The number of piperidine rings is 4. The van der Waals surface area contributed by atoms with Crippen LogP contribution in [0.25, 0.3) is 78.3 Å². The summed E-state index contributed by atoms with van der Waals surface area (Å²) in [4.78, 5) is 14.3. The molecule has 1 unspecified atom stereocenters. The van der Waals surface area contributed by atoms with Crippen molar-refractivity contribution in [2.75, 3.05) is 31.6 Å². The molecule has 5 aliphatic heterocycles. The molecule has 9 N–H and O–H groups in total. The Hall–Kier alpha value is -8.58. The van der Waals surface area contributed by atoms with E-state index in [1.54, 1.807) is 37.7 Å². The Kier molecular flexibility index (Phi) is 24.4. The predicted octanol–water partition coefficient (Wildman–Crippen LogP) is 16.3. The molecule has 0 spiro atoms. The second-order valence-electron chi connectivity index (χ2n) is 36.8. The van der Waals surface area contributed by atoms with Gasteiger partial charge in [-0.1, -0.05) is 35.3 Å². The number of nitrogens with two attached hydrogens (primary N) is 1. The highest BCUT2D eigenvalue weighted by atomic mass is 35.5. The third-order valence-corrected chi connectivity index (χ3v) is 22.2. The number of phenolic OH excluding ortho intramolecular Hbond substituents is 1. The van der Waals surface area contributed by atoms with E-state index < -0.39 is 0 Å². The van der Waals surface area contributed by atoms with Crippen molar-refractivity contribution < 1.29 is 19.3 Å². The number of nitrogen functional groups attached to an aromatic ring is 1. The minimum absolute atomic E-state index is 0. The van der Waals surface area contributed by atoms with E-state index in [4.69, 9.17) is 58.2 Å². The molecule has 0 aliphatic carbocycles. The quantitative estimate of drug-likeness (QED) is 0.0497. The topological polar surface area (TPSA) is 337 Å². The van der Waals surface area contributed by atoms with Crippen molar-refractivity contribution in [3.05, 3.63) is 113 Å². The fourth-order valence-electron chi connectivity index (χ4n) is 19.1. The average molecular weight is 1620 g/mol. The van der Waals surface area contributed by atoms with Crippen LogP contribution in [-0.2, 0) is 9.47 Å². The number of anilines is 2. The first-order valence-corrected chi connectivity index (χ1v) is 40.1. The lowest BCUT2D eigenvalue weighted by molar-refractivity contribution is -0.0394. The van der Waals surface area contributed by atoms with Crippen LogP contribution in [0.4, 0.5) is 11.5 Å². The first-order valence-electron chi connectivity index (χ1n) is 39.4. The number of halogens is 3. The molecule has 5 aliphatic rings. The summed E-state index contributed by atoms with van der Waals surface area (Å²) >= 11 is 11.7. The summed E-state index contributed by atoms with van der Waals surface area (Å²) in [5.74, 6) is 4.29. The summed E-state index contributed by atoms with van der Waals surface area (Å²) in [7, 11) is 1.61. The van der Waals surface area contributed by atoms with E-state index in [-0.39, 0.29) is 87.6 Å². The Bertz CT molecular complexity index is 5150. The number of nitrogens with one attached hydrogen (secondary N) is 6. The van der Waals surface area contributed by atoms with Crippen molar-refractivity contribution >= 4 is 80.6 Å². The van der Waals surface area contributed by atoms with Gasteiger partial charge in [0, 0.05) is 129 Å². The molecule has 31 heteroatoms. The molecular formula is C83H115Cl3N24O4. The molecule has 1 atom stereocenters. The summed E-state index contributed by atoms with van der Waals surface area (Å²) in [5.41, 5.74) is 18.3. The van der Waals surface area contributed by atoms with Crippen molar-refractivity contribution in [3.63, 3.8) is 0 Å². The smallest absolute Gasteiger partial charge is 0.188 e. The molecule has 5 saturated heterocycles. The van der Waals surface area contributed by atoms with Crippen LogP contribution in [0.5, 0.6) is 11.5 Å². The van der Waals surface area contributed by atoms with Crippen LogP contribution in [0.15, 0.2) is 85.5 Å². The molecule has 0 bridgehead atoms. The summed E-state index contributed by atoms with van der Waals surface area (Å²) in [6.07, 6.45) is 18.7. The van der Waals surface area contributed by atoms with Gasteiger partial charge in [-0.15, -0.1) is 53.2 Å². The minimum atomic E-state index is -0.00623. The number of benzene rings is 2. The minimum Gasteiger partial charge on any atom is -0.507 e. The highest BCUT2D eigenvalue weighted by molar-refractivity contribution is 6.30. The molecule has 9 aromatic heterocycles. The number of imidazole rings is 3. The Morgan fingerprint density at radius 2 is 0.974 bits per heavy atom. The molecule has 5 fully saturated rings. The van der Waals surface area contributed by atoms with Gasteiger partial charge in [0.1, 0.15) is 51.8 Å². The lowest BCUT2D eigenvalue weighted by Gasteiger charge is -2.47. The van der Waals surface area contributed by atoms with Crippen molar-refractivity contribution in [2.45, 2.75) is 277 Å².